The highest BCUT2D eigenvalue weighted by Crippen LogP contribution is 2.15. The number of ether oxygens (including phenoxy) is 1. The normalized spacial score (nSPS) is 11.6. The molecule has 0 fully saturated rings. The van der Waals surface area contributed by atoms with Crippen LogP contribution >= 0.6 is 0 Å². The van der Waals surface area contributed by atoms with Crippen molar-refractivity contribution < 1.29 is 9.53 Å². The quantitative estimate of drug-likeness (QED) is 0.699. The average molecular weight is 364 g/mol. The summed E-state index contributed by atoms with van der Waals surface area (Å²) in [4.78, 5) is 35.5. The van der Waals surface area contributed by atoms with Crippen molar-refractivity contribution in [2.24, 2.45) is 0 Å². The Labute approximate surface area is 156 Å². The second kappa shape index (κ2) is 8.27. The lowest BCUT2D eigenvalue weighted by Gasteiger charge is -2.14. The van der Waals surface area contributed by atoms with Crippen molar-refractivity contribution in [1.82, 2.24) is 20.3 Å². The predicted molar refractivity (Wildman–Crippen MR) is 101 cm³/mol. The number of benzene rings is 1. The van der Waals surface area contributed by atoms with Gasteiger partial charge in [0.2, 0.25) is 5.91 Å². The fourth-order valence-corrected chi connectivity index (χ4v) is 2.63. The third-order valence-electron chi connectivity index (χ3n) is 4.04. The van der Waals surface area contributed by atoms with Crippen LogP contribution < -0.4 is 15.6 Å². The SMILES string of the molecule is COc1ccc(CC(=O)NC(C)c2cc(=O)[nH]c(-c3cccnc3)n2)cc1. The first kappa shape index (κ1) is 18.3. The first-order valence-corrected chi connectivity index (χ1v) is 8.49. The van der Waals surface area contributed by atoms with Crippen molar-refractivity contribution in [3.8, 4) is 17.1 Å². The molecule has 1 amide bonds. The third kappa shape index (κ3) is 4.78. The lowest BCUT2D eigenvalue weighted by molar-refractivity contribution is -0.121. The minimum absolute atomic E-state index is 0.155. The molecule has 0 aliphatic rings. The van der Waals surface area contributed by atoms with Crippen LogP contribution in [0.4, 0.5) is 0 Å². The molecular weight excluding hydrogens is 344 g/mol. The van der Waals surface area contributed by atoms with Crippen LogP contribution in [0.15, 0.2) is 59.7 Å². The van der Waals surface area contributed by atoms with Gasteiger partial charge in [0, 0.05) is 24.0 Å². The van der Waals surface area contributed by atoms with Gasteiger partial charge in [-0.2, -0.15) is 0 Å². The fourth-order valence-electron chi connectivity index (χ4n) is 2.63. The van der Waals surface area contributed by atoms with E-state index < -0.39 is 6.04 Å². The van der Waals surface area contributed by atoms with Crippen LogP contribution in [-0.2, 0) is 11.2 Å². The first-order chi connectivity index (χ1) is 13.0. The topological polar surface area (TPSA) is 97.0 Å². The van der Waals surface area contributed by atoms with E-state index in [0.717, 1.165) is 11.3 Å². The monoisotopic (exact) mass is 364 g/mol. The van der Waals surface area contributed by atoms with Crippen molar-refractivity contribution >= 4 is 5.91 Å². The molecule has 7 heteroatoms. The van der Waals surface area contributed by atoms with Gasteiger partial charge in [-0.1, -0.05) is 12.1 Å². The van der Waals surface area contributed by atoms with E-state index in [4.69, 9.17) is 4.74 Å². The molecule has 0 bridgehead atoms. The van der Waals surface area contributed by atoms with E-state index in [2.05, 4.69) is 20.3 Å². The van der Waals surface area contributed by atoms with Gasteiger partial charge in [-0.25, -0.2) is 4.98 Å². The summed E-state index contributed by atoms with van der Waals surface area (Å²) in [5, 5.41) is 2.88. The number of hydrogen-bond acceptors (Lipinski definition) is 5. The minimum Gasteiger partial charge on any atom is -0.497 e. The third-order valence-corrected chi connectivity index (χ3v) is 4.04. The molecule has 0 aliphatic carbocycles. The van der Waals surface area contributed by atoms with E-state index in [0.29, 0.717) is 17.1 Å². The van der Waals surface area contributed by atoms with Gasteiger partial charge in [-0.3, -0.25) is 14.6 Å². The zero-order valence-electron chi connectivity index (χ0n) is 15.1. The number of H-pyrrole nitrogens is 1. The number of aromatic nitrogens is 3. The van der Waals surface area contributed by atoms with E-state index in [1.165, 1.54) is 6.07 Å². The largest absolute Gasteiger partial charge is 0.497 e. The molecule has 1 unspecified atom stereocenters. The second-order valence-electron chi connectivity index (χ2n) is 6.07. The standard InChI is InChI=1S/C20H20N4O3/c1-13(22-18(25)10-14-5-7-16(27-2)8-6-14)17-11-19(26)24-20(23-17)15-4-3-9-21-12-15/h3-9,11-13H,10H2,1-2H3,(H,22,25)(H,23,24,26). The maximum atomic E-state index is 12.3. The number of pyridine rings is 1. The molecule has 0 saturated heterocycles. The number of aromatic amines is 1. The highest BCUT2D eigenvalue weighted by atomic mass is 16.5. The minimum atomic E-state index is -0.409. The molecule has 3 rings (SSSR count). The number of methoxy groups -OCH3 is 1. The van der Waals surface area contributed by atoms with E-state index in [-0.39, 0.29) is 17.9 Å². The average Bonchev–Trinajstić information content (AvgIpc) is 2.68. The molecule has 2 heterocycles. The van der Waals surface area contributed by atoms with Gasteiger partial charge in [0.15, 0.2) is 0 Å². The zero-order chi connectivity index (χ0) is 19.2. The number of carbonyl (C=O) groups is 1. The predicted octanol–water partition coefficient (Wildman–Crippen LogP) is 2.26. The van der Waals surface area contributed by atoms with Gasteiger partial charge in [-0.05, 0) is 36.8 Å². The molecule has 7 nitrogen and oxygen atoms in total. The van der Waals surface area contributed by atoms with Crippen molar-refractivity contribution in [2.45, 2.75) is 19.4 Å². The highest BCUT2D eigenvalue weighted by Gasteiger charge is 2.14. The smallest absolute Gasteiger partial charge is 0.251 e. The lowest BCUT2D eigenvalue weighted by Crippen LogP contribution is -2.29. The van der Waals surface area contributed by atoms with Gasteiger partial charge < -0.3 is 15.0 Å². The van der Waals surface area contributed by atoms with Crippen molar-refractivity contribution in [2.75, 3.05) is 7.11 Å². The molecule has 0 radical (unpaired) electrons. The summed E-state index contributed by atoms with van der Waals surface area (Å²) in [5.41, 5.74) is 1.78. The molecule has 0 aliphatic heterocycles. The van der Waals surface area contributed by atoms with Crippen molar-refractivity contribution in [3.05, 3.63) is 76.5 Å². The number of nitrogens with one attached hydrogen (secondary N) is 2. The molecule has 27 heavy (non-hydrogen) atoms. The van der Waals surface area contributed by atoms with E-state index >= 15 is 0 Å². The Morgan fingerprint density at radius 3 is 2.70 bits per heavy atom. The van der Waals surface area contributed by atoms with E-state index in [9.17, 15) is 9.59 Å². The maximum Gasteiger partial charge on any atom is 0.251 e. The Hall–Kier alpha value is -3.48. The highest BCUT2D eigenvalue weighted by molar-refractivity contribution is 5.79. The molecule has 138 valence electrons. The summed E-state index contributed by atoms with van der Waals surface area (Å²) in [7, 11) is 1.59. The van der Waals surface area contributed by atoms with Gasteiger partial charge in [0.25, 0.3) is 5.56 Å². The Bertz CT molecular complexity index is 969. The first-order valence-electron chi connectivity index (χ1n) is 8.49. The summed E-state index contributed by atoms with van der Waals surface area (Å²) >= 11 is 0. The number of rotatable bonds is 6. The van der Waals surface area contributed by atoms with Crippen LogP contribution in [0.1, 0.15) is 24.2 Å². The second-order valence-corrected chi connectivity index (χ2v) is 6.07. The maximum absolute atomic E-state index is 12.3. The Morgan fingerprint density at radius 2 is 2.04 bits per heavy atom. The summed E-state index contributed by atoms with van der Waals surface area (Å²) < 4.78 is 5.11. The van der Waals surface area contributed by atoms with Crippen LogP contribution in [-0.4, -0.2) is 28.0 Å². The molecular formula is C20H20N4O3. The Balaban J connectivity index is 1.71. The van der Waals surface area contributed by atoms with Crippen LogP contribution in [0, 0.1) is 0 Å². The van der Waals surface area contributed by atoms with Gasteiger partial charge in [0.1, 0.15) is 11.6 Å². The molecule has 3 aromatic rings. The summed E-state index contributed by atoms with van der Waals surface area (Å²) in [5.74, 6) is 1.00. The molecule has 2 aromatic heterocycles. The van der Waals surface area contributed by atoms with Gasteiger partial charge >= 0.3 is 0 Å². The molecule has 2 N–H and O–H groups in total. The van der Waals surface area contributed by atoms with Crippen LogP contribution in [0.3, 0.4) is 0 Å². The van der Waals surface area contributed by atoms with Crippen molar-refractivity contribution in [1.29, 1.82) is 0 Å². The number of hydrogen-bond donors (Lipinski definition) is 2. The zero-order valence-corrected chi connectivity index (χ0v) is 15.1. The molecule has 1 aromatic carbocycles. The van der Waals surface area contributed by atoms with E-state index in [1.807, 2.05) is 30.3 Å². The summed E-state index contributed by atoms with van der Waals surface area (Å²) in [6.45, 7) is 1.79. The lowest BCUT2D eigenvalue weighted by atomic mass is 10.1. The Kier molecular flexibility index (Phi) is 5.61. The van der Waals surface area contributed by atoms with Gasteiger partial charge in [-0.15, -0.1) is 0 Å². The number of amides is 1. The van der Waals surface area contributed by atoms with Crippen LogP contribution in [0.5, 0.6) is 5.75 Å². The van der Waals surface area contributed by atoms with E-state index in [1.54, 1.807) is 32.5 Å². The molecule has 0 spiro atoms. The van der Waals surface area contributed by atoms with Crippen LogP contribution in [0.25, 0.3) is 11.4 Å². The molecule has 0 saturated carbocycles. The van der Waals surface area contributed by atoms with Crippen molar-refractivity contribution in [3.63, 3.8) is 0 Å². The fraction of sp³-hybridized carbons (Fsp3) is 0.200. The summed E-state index contributed by atoms with van der Waals surface area (Å²) in [6.07, 6.45) is 3.50. The number of carbonyl (C=O) groups excluding carboxylic acids is 1. The summed E-state index contributed by atoms with van der Waals surface area (Å²) in [6, 6.07) is 11.9. The Morgan fingerprint density at radius 1 is 1.26 bits per heavy atom. The molecule has 1 atom stereocenters. The van der Waals surface area contributed by atoms with Crippen LogP contribution in [0.2, 0.25) is 0 Å². The van der Waals surface area contributed by atoms with Gasteiger partial charge in [0.05, 0.1) is 25.3 Å². The number of nitrogens with zero attached hydrogens (tertiary/aromatic N) is 2.